The minimum atomic E-state index is 0.223. The van der Waals surface area contributed by atoms with Crippen LogP contribution in [0.15, 0.2) is 22.8 Å². The Morgan fingerprint density at radius 1 is 1.90 bits per heavy atom. The van der Waals surface area contributed by atoms with Crippen molar-refractivity contribution in [3.05, 3.63) is 34.2 Å². The molecule has 10 heavy (non-hydrogen) atoms. The first kappa shape index (κ1) is 6.92. The van der Waals surface area contributed by atoms with E-state index in [4.69, 9.17) is 11.8 Å². The molecule has 0 amide bonds. The van der Waals surface area contributed by atoms with Gasteiger partial charge >= 0.3 is 0 Å². The standard InChI is InChI=1S/C7H4N2S/c1-9-7(4-8)6-2-3-10-5-6/h2-3H,5H2/b7-6-. The number of allylic oxidation sites excluding steroid dienone is 2. The third kappa shape index (κ3) is 1.21. The van der Waals surface area contributed by atoms with Crippen LogP contribution in [0.25, 0.3) is 4.85 Å². The molecule has 0 fully saturated rings. The van der Waals surface area contributed by atoms with Crippen LogP contribution in [0.5, 0.6) is 0 Å². The molecule has 0 atom stereocenters. The van der Waals surface area contributed by atoms with Gasteiger partial charge in [-0.15, -0.1) is 11.8 Å². The van der Waals surface area contributed by atoms with Gasteiger partial charge in [0.2, 0.25) is 0 Å². The quantitative estimate of drug-likeness (QED) is 0.388. The molecule has 1 aliphatic heterocycles. The van der Waals surface area contributed by atoms with Crippen LogP contribution in [0.4, 0.5) is 0 Å². The summed E-state index contributed by atoms with van der Waals surface area (Å²) >= 11 is 1.61. The maximum atomic E-state index is 8.42. The molecule has 0 aromatic rings. The van der Waals surface area contributed by atoms with E-state index in [0.717, 1.165) is 11.3 Å². The van der Waals surface area contributed by atoms with Gasteiger partial charge in [0, 0.05) is 5.75 Å². The van der Waals surface area contributed by atoms with E-state index < -0.39 is 0 Å². The van der Waals surface area contributed by atoms with Gasteiger partial charge in [0.1, 0.15) is 0 Å². The van der Waals surface area contributed by atoms with E-state index in [9.17, 15) is 0 Å². The zero-order chi connectivity index (χ0) is 7.40. The van der Waals surface area contributed by atoms with Crippen LogP contribution in [0.2, 0.25) is 0 Å². The van der Waals surface area contributed by atoms with Crippen molar-refractivity contribution < 1.29 is 0 Å². The predicted octanol–water partition coefficient (Wildman–Crippen LogP) is 1.94. The summed E-state index contributed by atoms with van der Waals surface area (Å²) in [7, 11) is 0. The monoisotopic (exact) mass is 148 g/mol. The summed E-state index contributed by atoms with van der Waals surface area (Å²) in [4.78, 5) is 3.09. The van der Waals surface area contributed by atoms with Gasteiger partial charge in [-0.25, -0.2) is 10.1 Å². The molecule has 1 heterocycles. The average molecular weight is 148 g/mol. The average Bonchev–Trinajstić information content (AvgIpc) is 2.43. The van der Waals surface area contributed by atoms with Gasteiger partial charge in [0.05, 0.1) is 12.6 Å². The first-order valence-corrected chi connectivity index (χ1v) is 3.72. The molecule has 1 aliphatic rings. The highest BCUT2D eigenvalue weighted by molar-refractivity contribution is 8.02. The summed E-state index contributed by atoms with van der Waals surface area (Å²) < 4.78 is 0. The lowest BCUT2D eigenvalue weighted by molar-refractivity contribution is 1.44. The summed E-state index contributed by atoms with van der Waals surface area (Å²) in [5.74, 6) is 0.769. The fourth-order valence-electron chi connectivity index (χ4n) is 0.632. The highest BCUT2D eigenvalue weighted by Crippen LogP contribution is 2.22. The van der Waals surface area contributed by atoms with Crippen LogP contribution in [-0.4, -0.2) is 5.75 Å². The molecule has 0 unspecified atom stereocenters. The zero-order valence-electron chi connectivity index (χ0n) is 5.16. The Morgan fingerprint density at radius 3 is 3.10 bits per heavy atom. The number of hydrogen-bond donors (Lipinski definition) is 0. The lowest BCUT2D eigenvalue weighted by atomic mass is 10.2. The van der Waals surface area contributed by atoms with Crippen molar-refractivity contribution >= 4 is 11.8 Å². The van der Waals surface area contributed by atoms with E-state index in [2.05, 4.69) is 4.85 Å². The van der Waals surface area contributed by atoms with Crippen LogP contribution >= 0.6 is 11.8 Å². The Kier molecular flexibility index (Phi) is 2.15. The highest BCUT2D eigenvalue weighted by Gasteiger charge is 2.06. The van der Waals surface area contributed by atoms with E-state index in [1.165, 1.54) is 0 Å². The maximum absolute atomic E-state index is 8.42. The lowest BCUT2D eigenvalue weighted by Crippen LogP contribution is -1.80. The number of rotatable bonds is 0. The second-order valence-electron chi connectivity index (χ2n) is 1.71. The fraction of sp³-hybridized carbons (Fsp3) is 0.143. The molecule has 0 bridgehead atoms. The highest BCUT2D eigenvalue weighted by atomic mass is 32.2. The van der Waals surface area contributed by atoms with Gasteiger partial charge < -0.3 is 0 Å². The Balaban J connectivity index is 2.97. The summed E-state index contributed by atoms with van der Waals surface area (Å²) in [6, 6.07) is 1.85. The van der Waals surface area contributed by atoms with Crippen molar-refractivity contribution in [2.45, 2.75) is 0 Å². The van der Waals surface area contributed by atoms with Gasteiger partial charge in [-0.2, -0.15) is 0 Å². The molecular formula is C7H4N2S. The van der Waals surface area contributed by atoms with Crippen LogP contribution in [0, 0.1) is 17.9 Å². The van der Waals surface area contributed by atoms with Crippen LogP contribution in [0.3, 0.4) is 0 Å². The Hall–Kier alpha value is -1.19. The molecule has 2 nitrogen and oxygen atoms in total. The molecule has 0 aromatic heterocycles. The van der Waals surface area contributed by atoms with E-state index >= 15 is 0 Å². The molecule has 48 valence electrons. The Labute approximate surface area is 63.7 Å². The van der Waals surface area contributed by atoms with Crippen molar-refractivity contribution in [3.63, 3.8) is 0 Å². The second-order valence-corrected chi connectivity index (χ2v) is 2.61. The molecule has 0 saturated carbocycles. The summed E-state index contributed by atoms with van der Waals surface area (Å²) in [5.41, 5.74) is 1.07. The molecule has 0 aromatic carbocycles. The van der Waals surface area contributed by atoms with Gasteiger partial charge in [0.25, 0.3) is 5.70 Å². The smallest absolute Gasteiger partial charge is 0.226 e. The summed E-state index contributed by atoms with van der Waals surface area (Å²) in [6.45, 7) is 6.63. The fourth-order valence-corrected chi connectivity index (χ4v) is 1.40. The molecular weight excluding hydrogens is 144 g/mol. The van der Waals surface area contributed by atoms with E-state index in [1.807, 2.05) is 17.6 Å². The molecule has 0 N–H and O–H groups in total. The normalized spacial score (nSPS) is 19.8. The van der Waals surface area contributed by atoms with Gasteiger partial charge in [0.15, 0.2) is 0 Å². The van der Waals surface area contributed by atoms with E-state index in [-0.39, 0.29) is 5.70 Å². The van der Waals surface area contributed by atoms with Crippen LogP contribution < -0.4 is 0 Å². The van der Waals surface area contributed by atoms with Crippen molar-refractivity contribution in [1.82, 2.24) is 0 Å². The minimum Gasteiger partial charge on any atom is -0.226 e. The predicted molar refractivity (Wildman–Crippen MR) is 40.8 cm³/mol. The van der Waals surface area contributed by atoms with Crippen molar-refractivity contribution in [3.8, 4) is 6.07 Å². The second kappa shape index (κ2) is 3.10. The number of nitriles is 1. The molecule has 0 saturated heterocycles. The third-order valence-corrected chi connectivity index (χ3v) is 1.93. The van der Waals surface area contributed by atoms with Gasteiger partial charge in [-0.3, -0.25) is 0 Å². The lowest BCUT2D eigenvalue weighted by Gasteiger charge is -1.88. The topological polar surface area (TPSA) is 28.1 Å². The first-order chi connectivity index (χ1) is 4.88. The largest absolute Gasteiger partial charge is 0.265 e. The number of hydrogen-bond acceptors (Lipinski definition) is 2. The molecule has 0 radical (unpaired) electrons. The number of nitrogens with zero attached hydrogens (tertiary/aromatic N) is 2. The Morgan fingerprint density at radius 2 is 2.70 bits per heavy atom. The van der Waals surface area contributed by atoms with Crippen molar-refractivity contribution in [2.24, 2.45) is 0 Å². The van der Waals surface area contributed by atoms with E-state index in [0.29, 0.717) is 0 Å². The van der Waals surface area contributed by atoms with Gasteiger partial charge in [-0.05, 0) is 11.0 Å². The van der Waals surface area contributed by atoms with Crippen molar-refractivity contribution in [2.75, 3.05) is 5.75 Å². The van der Waals surface area contributed by atoms with Crippen molar-refractivity contribution in [1.29, 1.82) is 5.26 Å². The van der Waals surface area contributed by atoms with E-state index in [1.54, 1.807) is 11.8 Å². The van der Waals surface area contributed by atoms with Crippen LogP contribution in [0.1, 0.15) is 0 Å². The van der Waals surface area contributed by atoms with Crippen LogP contribution in [-0.2, 0) is 0 Å². The molecule has 3 heteroatoms. The molecule has 1 rings (SSSR count). The first-order valence-electron chi connectivity index (χ1n) is 2.67. The third-order valence-electron chi connectivity index (χ3n) is 1.13. The maximum Gasteiger partial charge on any atom is 0.265 e. The summed E-state index contributed by atoms with van der Waals surface area (Å²) in [6.07, 6.45) is 1.82. The molecule has 0 aliphatic carbocycles. The molecule has 0 spiro atoms. The zero-order valence-corrected chi connectivity index (χ0v) is 5.98. The summed E-state index contributed by atoms with van der Waals surface area (Å²) in [5, 5.41) is 10.3. The van der Waals surface area contributed by atoms with Gasteiger partial charge in [-0.1, -0.05) is 6.08 Å². The SMILES string of the molecule is [C-]#[N+]/C(C#N)=C1/C=CSC1. The Bertz CT molecular complexity index is 259. The minimum absolute atomic E-state index is 0.223. The number of thioether (sulfide) groups is 1.